The molecule has 3 rings (SSSR count). The zero-order chi connectivity index (χ0) is 14.1. The van der Waals surface area contributed by atoms with Gasteiger partial charge in [0.25, 0.3) is 0 Å². The van der Waals surface area contributed by atoms with Crippen LogP contribution in [0.3, 0.4) is 0 Å². The first-order valence-electron chi connectivity index (χ1n) is 6.13. The SMILES string of the molecule is COc1ccc(-c2oc3ccc(OC)cc3c2I)cc1. The molecule has 0 N–H and O–H groups in total. The van der Waals surface area contributed by atoms with Gasteiger partial charge < -0.3 is 13.9 Å². The highest BCUT2D eigenvalue weighted by Gasteiger charge is 2.14. The van der Waals surface area contributed by atoms with Crippen molar-refractivity contribution >= 4 is 33.6 Å². The fraction of sp³-hybridized carbons (Fsp3) is 0.125. The summed E-state index contributed by atoms with van der Waals surface area (Å²) in [5.41, 5.74) is 1.89. The van der Waals surface area contributed by atoms with E-state index in [1.807, 2.05) is 42.5 Å². The van der Waals surface area contributed by atoms with Crippen molar-refractivity contribution in [1.29, 1.82) is 0 Å². The number of fused-ring (bicyclic) bond motifs is 1. The molecule has 0 bridgehead atoms. The summed E-state index contributed by atoms with van der Waals surface area (Å²) in [6.45, 7) is 0. The van der Waals surface area contributed by atoms with Gasteiger partial charge in [0.2, 0.25) is 0 Å². The van der Waals surface area contributed by atoms with Crippen molar-refractivity contribution in [1.82, 2.24) is 0 Å². The Kier molecular flexibility index (Phi) is 3.56. The van der Waals surface area contributed by atoms with Crippen molar-refractivity contribution in [2.24, 2.45) is 0 Å². The van der Waals surface area contributed by atoms with Gasteiger partial charge in [-0.1, -0.05) is 0 Å². The molecule has 0 spiro atoms. The summed E-state index contributed by atoms with van der Waals surface area (Å²) < 4.78 is 17.5. The molecule has 0 saturated heterocycles. The van der Waals surface area contributed by atoms with Crippen molar-refractivity contribution in [3.05, 3.63) is 46.0 Å². The maximum Gasteiger partial charge on any atom is 0.148 e. The lowest BCUT2D eigenvalue weighted by Gasteiger charge is -2.01. The van der Waals surface area contributed by atoms with Crippen molar-refractivity contribution in [3.8, 4) is 22.8 Å². The Bertz CT molecular complexity index is 744. The van der Waals surface area contributed by atoms with Crippen LogP contribution in [0.25, 0.3) is 22.3 Å². The molecule has 0 aliphatic carbocycles. The zero-order valence-electron chi connectivity index (χ0n) is 11.1. The molecule has 1 aromatic heterocycles. The predicted octanol–water partition coefficient (Wildman–Crippen LogP) is 4.72. The fourth-order valence-electron chi connectivity index (χ4n) is 2.10. The van der Waals surface area contributed by atoms with E-state index in [0.29, 0.717) is 0 Å². The number of ether oxygens (including phenoxy) is 2. The van der Waals surface area contributed by atoms with E-state index in [1.54, 1.807) is 14.2 Å². The summed E-state index contributed by atoms with van der Waals surface area (Å²) in [5.74, 6) is 2.54. The van der Waals surface area contributed by atoms with Crippen LogP contribution in [0, 0.1) is 3.57 Å². The summed E-state index contributed by atoms with van der Waals surface area (Å²) >= 11 is 2.31. The Labute approximate surface area is 130 Å². The summed E-state index contributed by atoms with van der Waals surface area (Å²) in [6.07, 6.45) is 0. The van der Waals surface area contributed by atoms with Gasteiger partial charge in [0.15, 0.2) is 0 Å². The Hall–Kier alpha value is -1.69. The molecule has 0 amide bonds. The molecule has 20 heavy (non-hydrogen) atoms. The first-order chi connectivity index (χ1) is 9.72. The van der Waals surface area contributed by atoms with Crippen LogP contribution in [-0.2, 0) is 0 Å². The number of halogens is 1. The highest BCUT2D eigenvalue weighted by atomic mass is 127. The molecule has 2 aromatic carbocycles. The number of hydrogen-bond acceptors (Lipinski definition) is 3. The van der Waals surface area contributed by atoms with Gasteiger partial charge in [-0.05, 0) is 65.1 Å². The molecule has 0 aliphatic rings. The molecular formula is C16H13IO3. The molecule has 1 heterocycles. The first-order valence-corrected chi connectivity index (χ1v) is 7.21. The minimum Gasteiger partial charge on any atom is -0.497 e. The molecule has 0 aliphatic heterocycles. The molecule has 3 aromatic rings. The van der Waals surface area contributed by atoms with Crippen LogP contribution in [0.15, 0.2) is 46.9 Å². The van der Waals surface area contributed by atoms with E-state index in [9.17, 15) is 0 Å². The van der Waals surface area contributed by atoms with Crippen molar-refractivity contribution < 1.29 is 13.9 Å². The van der Waals surface area contributed by atoms with Crippen LogP contribution in [-0.4, -0.2) is 14.2 Å². The highest BCUT2D eigenvalue weighted by Crippen LogP contribution is 2.36. The van der Waals surface area contributed by atoms with Gasteiger partial charge >= 0.3 is 0 Å². The lowest BCUT2D eigenvalue weighted by Crippen LogP contribution is -1.83. The molecule has 0 radical (unpaired) electrons. The average Bonchev–Trinajstić information content (AvgIpc) is 2.84. The number of hydrogen-bond donors (Lipinski definition) is 0. The van der Waals surface area contributed by atoms with E-state index >= 15 is 0 Å². The Morgan fingerprint density at radius 2 is 1.55 bits per heavy atom. The smallest absolute Gasteiger partial charge is 0.148 e. The van der Waals surface area contributed by atoms with Crippen LogP contribution in [0.2, 0.25) is 0 Å². The lowest BCUT2D eigenvalue weighted by molar-refractivity contribution is 0.415. The molecule has 3 nitrogen and oxygen atoms in total. The van der Waals surface area contributed by atoms with E-state index < -0.39 is 0 Å². The van der Waals surface area contributed by atoms with Crippen LogP contribution < -0.4 is 9.47 Å². The van der Waals surface area contributed by atoms with Gasteiger partial charge in [0, 0.05) is 10.9 Å². The molecular weight excluding hydrogens is 367 g/mol. The van der Waals surface area contributed by atoms with Gasteiger partial charge in [-0.15, -0.1) is 0 Å². The Morgan fingerprint density at radius 3 is 2.20 bits per heavy atom. The average molecular weight is 380 g/mol. The van der Waals surface area contributed by atoms with Crippen LogP contribution in [0.5, 0.6) is 11.5 Å². The largest absolute Gasteiger partial charge is 0.497 e. The minimum absolute atomic E-state index is 0.831. The number of methoxy groups -OCH3 is 2. The van der Waals surface area contributed by atoms with E-state index in [-0.39, 0.29) is 0 Å². The van der Waals surface area contributed by atoms with Gasteiger partial charge in [-0.25, -0.2) is 0 Å². The normalized spacial score (nSPS) is 10.8. The van der Waals surface area contributed by atoms with Gasteiger partial charge in [-0.2, -0.15) is 0 Å². The molecule has 102 valence electrons. The molecule has 4 heteroatoms. The van der Waals surface area contributed by atoms with Crippen molar-refractivity contribution in [2.45, 2.75) is 0 Å². The summed E-state index contributed by atoms with van der Waals surface area (Å²) in [4.78, 5) is 0. The topological polar surface area (TPSA) is 31.6 Å². The van der Waals surface area contributed by atoms with E-state index in [4.69, 9.17) is 13.9 Å². The maximum absolute atomic E-state index is 5.95. The first kappa shape index (κ1) is 13.3. The molecule has 0 fully saturated rings. The summed E-state index contributed by atoms with van der Waals surface area (Å²) in [5, 5.41) is 1.07. The Balaban J connectivity index is 2.13. The zero-order valence-corrected chi connectivity index (χ0v) is 13.3. The van der Waals surface area contributed by atoms with Crippen molar-refractivity contribution in [3.63, 3.8) is 0 Å². The molecule has 0 unspecified atom stereocenters. The summed E-state index contributed by atoms with van der Waals surface area (Å²) in [7, 11) is 3.32. The second-order valence-electron chi connectivity index (χ2n) is 4.34. The lowest BCUT2D eigenvalue weighted by atomic mass is 10.1. The summed E-state index contributed by atoms with van der Waals surface area (Å²) in [6, 6.07) is 13.7. The third-order valence-electron chi connectivity index (χ3n) is 3.19. The van der Waals surface area contributed by atoms with E-state index in [1.165, 1.54) is 0 Å². The quantitative estimate of drug-likeness (QED) is 0.617. The van der Waals surface area contributed by atoms with Crippen LogP contribution in [0.4, 0.5) is 0 Å². The third kappa shape index (κ3) is 2.24. The standard InChI is InChI=1S/C16H13IO3/c1-18-11-5-3-10(4-6-11)16-15(17)13-9-12(19-2)7-8-14(13)20-16/h3-9H,1-2H3. The minimum atomic E-state index is 0.831. The van der Waals surface area contributed by atoms with E-state index in [2.05, 4.69) is 22.6 Å². The fourth-order valence-corrected chi connectivity index (χ4v) is 2.94. The predicted molar refractivity (Wildman–Crippen MR) is 87.5 cm³/mol. The van der Waals surface area contributed by atoms with Gasteiger partial charge in [0.1, 0.15) is 22.8 Å². The third-order valence-corrected chi connectivity index (χ3v) is 4.26. The van der Waals surface area contributed by atoms with E-state index in [0.717, 1.165) is 37.4 Å². The second kappa shape index (κ2) is 5.36. The maximum atomic E-state index is 5.95. The van der Waals surface area contributed by atoms with Crippen LogP contribution >= 0.6 is 22.6 Å². The Morgan fingerprint density at radius 1 is 0.900 bits per heavy atom. The monoisotopic (exact) mass is 380 g/mol. The molecule has 0 saturated carbocycles. The van der Waals surface area contributed by atoms with Gasteiger partial charge in [0.05, 0.1) is 17.8 Å². The highest BCUT2D eigenvalue weighted by molar-refractivity contribution is 14.1. The molecule has 0 atom stereocenters. The number of furan rings is 1. The number of benzene rings is 2. The number of rotatable bonds is 3. The van der Waals surface area contributed by atoms with Crippen molar-refractivity contribution in [2.75, 3.05) is 14.2 Å². The van der Waals surface area contributed by atoms with Gasteiger partial charge in [-0.3, -0.25) is 0 Å². The van der Waals surface area contributed by atoms with Crippen LogP contribution in [0.1, 0.15) is 0 Å². The second-order valence-corrected chi connectivity index (χ2v) is 5.41.